The highest BCUT2D eigenvalue weighted by Crippen LogP contribution is 2.21. The number of hydrogen-bond acceptors (Lipinski definition) is 7. The number of carbonyl (C=O) groups is 1. The summed E-state index contributed by atoms with van der Waals surface area (Å²) in [5, 5.41) is 16.6. The zero-order valence-corrected chi connectivity index (χ0v) is 15.3. The average molecular weight is 384 g/mol. The van der Waals surface area contributed by atoms with Crippen molar-refractivity contribution in [3.63, 3.8) is 0 Å². The highest BCUT2D eigenvalue weighted by atomic mass is 16.5. The van der Waals surface area contributed by atoms with Crippen molar-refractivity contribution < 1.29 is 14.6 Å². The standard InChI is InChI=1S/C18H20N6O4/c1-11(17(26)27)23-10-20-24-9-12(8-15(24)16(23)25)14-2-5-19-18(22-14)21-13-3-6-28-7-4-13/h2,5,8-11,13H,3-4,6-7H2,1H3,(H,26,27)(H,19,21,22). The summed E-state index contributed by atoms with van der Waals surface area (Å²) in [7, 11) is 0. The van der Waals surface area contributed by atoms with E-state index in [0.717, 1.165) is 30.6 Å². The Morgan fingerprint density at radius 1 is 1.39 bits per heavy atom. The molecule has 1 aliphatic heterocycles. The summed E-state index contributed by atoms with van der Waals surface area (Å²) in [5.74, 6) is -0.579. The molecule has 1 saturated heterocycles. The Bertz CT molecular complexity index is 1070. The van der Waals surface area contributed by atoms with Crippen LogP contribution in [0.2, 0.25) is 0 Å². The largest absolute Gasteiger partial charge is 0.480 e. The van der Waals surface area contributed by atoms with Crippen molar-refractivity contribution >= 4 is 17.4 Å². The van der Waals surface area contributed by atoms with Crippen LogP contribution in [0.15, 0.2) is 35.6 Å². The third kappa shape index (κ3) is 3.46. The first-order chi connectivity index (χ1) is 13.5. The van der Waals surface area contributed by atoms with Crippen molar-refractivity contribution in [1.29, 1.82) is 0 Å². The third-order valence-electron chi connectivity index (χ3n) is 4.83. The fourth-order valence-electron chi connectivity index (χ4n) is 3.15. The van der Waals surface area contributed by atoms with Crippen LogP contribution in [0.5, 0.6) is 0 Å². The van der Waals surface area contributed by atoms with Gasteiger partial charge < -0.3 is 15.2 Å². The number of carboxylic acids is 1. The fraction of sp³-hybridized carbons (Fsp3) is 0.389. The van der Waals surface area contributed by atoms with E-state index in [0.29, 0.717) is 17.2 Å². The summed E-state index contributed by atoms with van der Waals surface area (Å²) in [5.41, 5.74) is 1.20. The lowest BCUT2D eigenvalue weighted by molar-refractivity contribution is -0.140. The van der Waals surface area contributed by atoms with E-state index >= 15 is 0 Å². The number of carboxylic acid groups (broad SMARTS) is 1. The van der Waals surface area contributed by atoms with E-state index in [9.17, 15) is 9.59 Å². The molecular formula is C18H20N6O4. The van der Waals surface area contributed by atoms with Crippen LogP contribution in [0.1, 0.15) is 25.8 Å². The van der Waals surface area contributed by atoms with Crippen molar-refractivity contribution in [3.8, 4) is 11.3 Å². The molecular weight excluding hydrogens is 364 g/mol. The van der Waals surface area contributed by atoms with Crippen LogP contribution in [0.3, 0.4) is 0 Å². The maximum atomic E-state index is 12.6. The molecule has 3 aromatic rings. The van der Waals surface area contributed by atoms with Crippen LogP contribution in [-0.2, 0) is 9.53 Å². The summed E-state index contributed by atoms with van der Waals surface area (Å²) in [6.07, 6.45) is 6.37. The lowest BCUT2D eigenvalue weighted by atomic mass is 10.1. The number of aliphatic carboxylic acids is 1. The molecule has 0 radical (unpaired) electrons. The summed E-state index contributed by atoms with van der Waals surface area (Å²) >= 11 is 0. The molecule has 0 aliphatic carbocycles. The van der Waals surface area contributed by atoms with E-state index < -0.39 is 17.6 Å². The molecule has 4 heterocycles. The van der Waals surface area contributed by atoms with Gasteiger partial charge in [0.1, 0.15) is 17.9 Å². The molecule has 0 spiro atoms. The van der Waals surface area contributed by atoms with Gasteiger partial charge in [-0.3, -0.25) is 9.36 Å². The van der Waals surface area contributed by atoms with E-state index in [1.807, 2.05) is 0 Å². The van der Waals surface area contributed by atoms with Gasteiger partial charge in [0.2, 0.25) is 5.95 Å². The molecule has 4 rings (SSSR count). The van der Waals surface area contributed by atoms with Gasteiger partial charge in [-0.05, 0) is 31.9 Å². The zero-order chi connectivity index (χ0) is 19.7. The monoisotopic (exact) mass is 384 g/mol. The van der Waals surface area contributed by atoms with Crippen LogP contribution in [0, 0.1) is 0 Å². The topological polar surface area (TPSA) is 124 Å². The Morgan fingerprint density at radius 3 is 2.93 bits per heavy atom. The molecule has 10 heteroatoms. The maximum absolute atomic E-state index is 12.6. The molecule has 146 valence electrons. The van der Waals surface area contributed by atoms with Crippen molar-refractivity contribution in [1.82, 2.24) is 24.1 Å². The molecule has 2 N–H and O–H groups in total. The first-order valence-electron chi connectivity index (χ1n) is 9.03. The molecule has 0 amide bonds. The van der Waals surface area contributed by atoms with Crippen LogP contribution >= 0.6 is 0 Å². The van der Waals surface area contributed by atoms with E-state index in [2.05, 4.69) is 20.4 Å². The second-order valence-electron chi connectivity index (χ2n) is 6.71. The third-order valence-corrected chi connectivity index (χ3v) is 4.83. The van der Waals surface area contributed by atoms with Gasteiger partial charge in [0.05, 0.1) is 5.69 Å². The second-order valence-corrected chi connectivity index (χ2v) is 6.71. The molecule has 1 unspecified atom stereocenters. The minimum absolute atomic E-state index is 0.267. The zero-order valence-electron chi connectivity index (χ0n) is 15.3. The molecule has 1 fully saturated rings. The molecule has 1 atom stereocenters. The lowest BCUT2D eigenvalue weighted by Gasteiger charge is -2.23. The number of ether oxygens (including phenoxy) is 1. The smallest absolute Gasteiger partial charge is 0.326 e. The van der Waals surface area contributed by atoms with Crippen LogP contribution in [-0.4, -0.2) is 54.5 Å². The van der Waals surface area contributed by atoms with Gasteiger partial charge in [-0.1, -0.05) is 0 Å². The molecule has 0 saturated carbocycles. The Labute approximate surface area is 159 Å². The SMILES string of the molecule is CC(C(=O)O)n1cnn2cc(-c3ccnc(NC4CCOCC4)n3)cc2c1=O. The van der Waals surface area contributed by atoms with E-state index in [1.54, 1.807) is 24.5 Å². The highest BCUT2D eigenvalue weighted by molar-refractivity contribution is 5.72. The number of rotatable bonds is 5. The van der Waals surface area contributed by atoms with E-state index in [4.69, 9.17) is 9.84 Å². The number of anilines is 1. The minimum Gasteiger partial charge on any atom is -0.480 e. The van der Waals surface area contributed by atoms with E-state index in [1.165, 1.54) is 17.8 Å². The van der Waals surface area contributed by atoms with Crippen LogP contribution in [0.4, 0.5) is 5.95 Å². The quantitative estimate of drug-likeness (QED) is 0.672. The van der Waals surface area contributed by atoms with Gasteiger partial charge in [-0.15, -0.1) is 0 Å². The summed E-state index contributed by atoms with van der Waals surface area (Å²) < 4.78 is 7.88. The first-order valence-corrected chi connectivity index (χ1v) is 9.03. The Hall–Kier alpha value is -3.27. The first kappa shape index (κ1) is 18.1. The molecule has 28 heavy (non-hydrogen) atoms. The number of hydrogen-bond donors (Lipinski definition) is 2. The van der Waals surface area contributed by atoms with Gasteiger partial charge in [-0.2, -0.15) is 5.10 Å². The summed E-state index contributed by atoms with van der Waals surface area (Å²) in [4.78, 5) is 32.6. The number of nitrogens with zero attached hydrogens (tertiary/aromatic N) is 5. The van der Waals surface area contributed by atoms with Crippen molar-refractivity contribution in [2.24, 2.45) is 0 Å². The van der Waals surface area contributed by atoms with Crippen molar-refractivity contribution in [2.75, 3.05) is 18.5 Å². The van der Waals surface area contributed by atoms with Crippen LogP contribution < -0.4 is 10.9 Å². The maximum Gasteiger partial charge on any atom is 0.326 e. The van der Waals surface area contributed by atoms with E-state index in [-0.39, 0.29) is 11.6 Å². The predicted molar refractivity (Wildman–Crippen MR) is 100 cm³/mol. The molecule has 0 bridgehead atoms. The minimum atomic E-state index is -1.10. The van der Waals surface area contributed by atoms with Gasteiger partial charge >= 0.3 is 5.97 Å². The molecule has 0 aromatic carbocycles. The predicted octanol–water partition coefficient (Wildman–Crippen LogP) is 1.19. The average Bonchev–Trinajstić information content (AvgIpc) is 3.14. The Balaban J connectivity index is 1.66. The molecule has 1 aliphatic rings. The highest BCUT2D eigenvalue weighted by Gasteiger charge is 2.18. The Kier molecular flexibility index (Phi) is 4.78. The molecule has 10 nitrogen and oxygen atoms in total. The fourth-order valence-corrected chi connectivity index (χ4v) is 3.15. The number of nitrogens with one attached hydrogen (secondary N) is 1. The van der Waals surface area contributed by atoms with Crippen molar-refractivity contribution in [2.45, 2.75) is 31.8 Å². The normalized spacial score (nSPS) is 16.2. The number of fused-ring (bicyclic) bond motifs is 1. The molecule has 3 aromatic heterocycles. The van der Waals surface area contributed by atoms with Crippen LogP contribution in [0.25, 0.3) is 16.8 Å². The second kappa shape index (κ2) is 7.39. The Morgan fingerprint density at radius 2 is 2.18 bits per heavy atom. The summed E-state index contributed by atoms with van der Waals surface area (Å²) in [6.45, 7) is 2.87. The lowest BCUT2D eigenvalue weighted by Crippen LogP contribution is -2.29. The number of aromatic nitrogens is 5. The summed E-state index contributed by atoms with van der Waals surface area (Å²) in [6, 6.07) is 2.67. The van der Waals surface area contributed by atoms with Gasteiger partial charge in [0, 0.05) is 37.2 Å². The van der Waals surface area contributed by atoms with Gasteiger partial charge in [0.15, 0.2) is 0 Å². The van der Waals surface area contributed by atoms with Gasteiger partial charge in [0.25, 0.3) is 5.56 Å². The van der Waals surface area contributed by atoms with Gasteiger partial charge in [-0.25, -0.2) is 19.3 Å². The van der Waals surface area contributed by atoms with Crippen molar-refractivity contribution in [3.05, 3.63) is 41.2 Å².